The lowest BCUT2D eigenvalue weighted by atomic mass is 10.1. The van der Waals surface area contributed by atoms with Crippen molar-refractivity contribution in [3.63, 3.8) is 0 Å². The highest BCUT2D eigenvalue weighted by molar-refractivity contribution is 5.78. The van der Waals surface area contributed by atoms with Gasteiger partial charge in [-0.2, -0.15) is 0 Å². The van der Waals surface area contributed by atoms with E-state index in [1.54, 1.807) is 0 Å². The highest BCUT2D eigenvalue weighted by Gasteiger charge is 2.10. The number of rotatable bonds is 4. The lowest BCUT2D eigenvalue weighted by Crippen LogP contribution is -2.14. The fourth-order valence-electron chi connectivity index (χ4n) is 2.00. The van der Waals surface area contributed by atoms with Crippen molar-refractivity contribution >= 4 is 11.7 Å². The molecule has 90 valence electrons. The van der Waals surface area contributed by atoms with E-state index in [4.69, 9.17) is 10.9 Å². The fraction of sp³-hybridized carbons (Fsp3) is 0.500. The zero-order valence-corrected chi connectivity index (χ0v) is 9.79. The highest BCUT2D eigenvalue weighted by atomic mass is 15.0. The van der Waals surface area contributed by atoms with E-state index in [1.165, 1.54) is 12.0 Å². The number of amidine groups is 1. The Kier molecular flexibility index (Phi) is 3.80. The van der Waals surface area contributed by atoms with E-state index in [1.807, 2.05) is 0 Å². The highest BCUT2D eigenvalue weighted by Crippen LogP contribution is 2.20. The maximum Gasteiger partial charge on any atom is 0.142 e. The summed E-state index contributed by atoms with van der Waals surface area (Å²) in [7, 11) is 0. The van der Waals surface area contributed by atoms with Gasteiger partial charge in [-0.3, -0.25) is 5.41 Å². The first-order valence-corrected chi connectivity index (χ1v) is 5.97. The minimum absolute atomic E-state index is 0.140. The van der Waals surface area contributed by atoms with E-state index in [0.717, 1.165) is 37.3 Å². The summed E-state index contributed by atoms with van der Waals surface area (Å²) in [4.78, 5) is 4.58. The number of nitrogens with one attached hydrogen (secondary N) is 3. The van der Waals surface area contributed by atoms with Gasteiger partial charge >= 0.3 is 0 Å². The predicted molar refractivity (Wildman–Crippen MR) is 66.9 cm³/mol. The number of hydrogen-bond donors (Lipinski definition) is 3. The van der Waals surface area contributed by atoms with Gasteiger partial charge in [0.1, 0.15) is 11.7 Å². The fourth-order valence-corrected chi connectivity index (χ4v) is 2.00. The molecule has 2 rings (SSSR count). The molecule has 3 N–H and O–H groups in total. The van der Waals surface area contributed by atoms with E-state index in [2.05, 4.69) is 27.5 Å². The first-order chi connectivity index (χ1) is 8.29. The number of aryl methyl sites for hydroxylation is 2. The molecular formula is C12H17N5. The second kappa shape index (κ2) is 5.52. The standard InChI is InChI=1S/C12H17N5/c13-11(17-14)5-1-4-10-7-6-9-3-2-8-15-12(9)16-10/h6-7,13-14H,1-5,8H2,(H,15,16). The molecule has 1 aliphatic rings. The van der Waals surface area contributed by atoms with E-state index in [0.29, 0.717) is 6.42 Å². The maximum absolute atomic E-state index is 7.27. The number of nitrogens with zero attached hydrogens (tertiary/aromatic N) is 2. The number of aromatic nitrogens is 1. The second-order valence-electron chi connectivity index (χ2n) is 4.25. The van der Waals surface area contributed by atoms with Crippen LogP contribution in [0.1, 0.15) is 30.5 Å². The summed E-state index contributed by atoms with van der Waals surface area (Å²) in [5.74, 6) is 1.16. The summed E-state index contributed by atoms with van der Waals surface area (Å²) in [6.45, 7) is 1.01. The molecule has 0 amide bonds. The van der Waals surface area contributed by atoms with Crippen LogP contribution >= 0.6 is 0 Å². The maximum atomic E-state index is 7.27. The average molecular weight is 231 g/mol. The Hall–Kier alpha value is -1.78. The monoisotopic (exact) mass is 231 g/mol. The Labute approximate surface area is 101 Å². The molecule has 5 nitrogen and oxygen atoms in total. The summed E-state index contributed by atoms with van der Waals surface area (Å²) in [5, 5.41) is 13.7. The molecule has 0 aromatic carbocycles. The molecule has 5 heteroatoms. The van der Waals surface area contributed by atoms with Crippen molar-refractivity contribution in [3.8, 4) is 0 Å². The van der Waals surface area contributed by atoms with Crippen LogP contribution in [0.25, 0.3) is 0 Å². The van der Waals surface area contributed by atoms with Gasteiger partial charge < -0.3 is 5.32 Å². The molecule has 17 heavy (non-hydrogen) atoms. The van der Waals surface area contributed by atoms with Crippen LogP contribution in [0.3, 0.4) is 0 Å². The first kappa shape index (κ1) is 11.7. The lowest BCUT2D eigenvalue weighted by Gasteiger charge is -2.17. The molecule has 0 fully saturated rings. The molecule has 0 atom stereocenters. The van der Waals surface area contributed by atoms with Gasteiger partial charge in [0.05, 0.1) is 0 Å². The summed E-state index contributed by atoms with van der Waals surface area (Å²) in [5.41, 5.74) is 9.04. The van der Waals surface area contributed by atoms with E-state index in [9.17, 15) is 0 Å². The Morgan fingerprint density at radius 2 is 2.35 bits per heavy atom. The molecule has 1 aromatic heterocycles. The van der Waals surface area contributed by atoms with Crippen LogP contribution in [-0.2, 0) is 12.8 Å². The van der Waals surface area contributed by atoms with Crippen LogP contribution in [-0.4, -0.2) is 17.4 Å². The van der Waals surface area contributed by atoms with Crippen molar-refractivity contribution < 1.29 is 0 Å². The number of fused-ring (bicyclic) bond motifs is 1. The van der Waals surface area contributed by atoms with E-state index >= 15 is 0 Å². The summed E-state index contributed by atoms with van der Waals surface area (Å²) >= 11 is 0. The molecule has 0 saturated heterocycles. The van der Waals surface area contributed by atoms with Crippen LogP contribution < -0.4 is 5.32 Å². The second-order valence-corrected chi connectivity index (χ2v) is 4.25. The van der Waals surface area contributed by atoms with Crippen molar-refractivity contribution in [3.05, 3.63) is 23.4 Å². The van der Waals surface area contributed by atoms with Crippen LogP contribution in [0.5, 0.6) is 0 Å². The number of anilines is 1. The van der Waals surface area contributed by atoms with Gasteiger partial charge in [0.25, 0.3) is 0 Å². The van der Waals surface area contributed by atoms with Gasteiger partial charge in [-0.25, -0.2) is 10.5 Å². The van der Waals surface area contributed by atoms with Crippen LogP contribution in [0.15, 0.2) is 17.2 Å². The SMILES string of the molecule is N=NC(=N)CCCc1ccc2c(n1)NCCC2. The normalized spacial score (nSPS) is 13.6. The Morgan fingerprint density at radius 1 is 1.47 bits per heavy atom. The zero-order chi connectivity index (χ0) is 12.1. The van der Waals surface area contributed by atoms with Crippen molar-refractivity contribution in [2.75, 3.05) is 11.9 Å². The molecule has 0 aliphatic carbocycles. The van der Waals surface area contributed by atoms with Gasteiger partial charge in [0.15, 0.2) is 0 Å². The van der Waals surface area contributed by atoms with E-state index < -0.39 is 0 Å². The molecule has 1 aliphatic heterocycles. The minimum atomic E-state index is 0.140. The molecule has 0 spiro atoms. The molecule has 0 bridgehead atoms. The molecule has 1 aromatic rings. The molecular weight excluding hydrogens is 214 g/mol. The summed E-state index contributed by atoms with van der Waals surface area (Å²) in [6.07, 6.45) is 4.50. The lowest BCUT2D eigenvalue weighted by molar-refractivity contribution is 0.791. The third-order valence-electron chi connectivity index (χ3n) is 2.93. The third-order valence-corrected chi connectivity index (χ3v) is 2.93. The van der Waals surface area contributed by atoms with Crippen molar-refractivity contribution in [2.45, 2.75) is 32.1 Å². The van der Waals surface area contributed by atoms with Gasteiger partial charge in [-0.05, 0) is 37.3 Å². The van der Waals surface area contributed by atoms with Gasteiger partial charge in [0.2, 0.25) is 0 Å². The smallest absolute Gasteiger partial charge is 0.142 e. The van der Waals surface area contributed by atoms with Crippen LogP contribution in [0.4, 0.5) is 5.82 Å². The number of hydrogen-bond acceptors (Lipinski definition) is 4. The topological polar surface area (TPSA) is 85.0 Å². The molecule has 2 heterocycles. The predicted octanol–water partition coefficient (Wildman–Crippen LogP) is 2.77. The molecule has 0 unspecified atom stereocenters. The summed E-state index contributed by atoms with van der Waals surface area (Å²) in [6, 6.07) is 4.21. The molecule has 0 saturated carbocycles. The van der Waals surface area contributed by atoms with Crippen molar-refractivity contribution in [1.29, 1.82) is 10.9 Å². The van der Waals surface area contributed by atoms with E-state index in [-0.39, 0.29) is 5.84 Å². The summed E-state index contributed by atoms with van der Waals surface area (Å²) < 4.78 is 0. The number of pyridine rings is 1. The zero-order valence-electron chi connectivity index (χ0n) is 9.79. The van der Waals surface area contributed by atoms with Gasteiger partial charge in [0, 0.05) is 18.7 Å². The Balaban J connectivity index is 1.93. The largest absolute Gasteiger partial charge is 0.370 e. The Bertz CT molecular complexity index is 427. The average Bonchev–Trinajstić information content (AvgIpc) is 2.38. The van der Waals surface area contributed by atoms with Crippen molar-refractivity contribution in [1.82, 2.24) is 4.98 Å². The van der Waals surface area contributed by atoms with Crippen LogP contribution in [0.2, 0.25) is 0 Å². The van der Waals surface area contributed by atoms with Gasteiger partial charge in [-0.15, -0.1) is 5.11 Å². The molecule has 0 radical (unpaired) electrons. The quantitative estimate of drug-likeness (QED) is 0.423. The minimum Gasteiger partial charge on any atom is -0.370 e. The first-order valence-electron chi connectivity index (χ1n) is 5.97. The van der Waals surface area contributed by atoms with Crippen molar-refractivity contribution in [2.24, 2.45) is 5.11 Å². The van der Waals surface area contributed by atoms with Gasteiger partial charge in [-0.1, -0.05) is 6.07 Å². The third kappa shape index (κ3) is 3.09. The van der Waals surface area contributed by atoms with Crippen LogP contribution in [0, 0.1) is 10.9 Å². The Morgan fingerprint density at radius 3 is 3.18 bits per heavy atom.